The van der Waals surface area contributed by atoms with Crippen molar-refractivity contribution in [2.45, 2.75) is 19.4 Å². The number of rotatable bonds is 5. The van der Waals surface area contributed by atoms with Gasteiger partial charge in [-0.25, -0.2) is 0 Å². The zero-order chi connectivity index (χ0) is 11.4. The quantitative estimate of drug-likeness (QED) is 0.822. The van der Waals surface area contributed by atoms with Gasteiger partial charge in [-0.1, -0.05) is 12.1 Å². The number of hydrogen-bond donors (Lipinski definition) is 1. The molecule has 0 saturated heterocycles. The van der Waals surface area contributed by atoms with E-state index in [0.29, 0.717) is 12.5 Å². The minimum atomic E-state index is 0.0184. The summed E-state index contributed by atoms with van der Waals surface area (Å²) in [6, 6.07) is 7.56. The van der Waals surface area contributed by atoms with Crippen molar-refractivity contribution in [1.29, 1.82) is 0 Å². The van der Waals surface area contributed by atoms with E-state index in [9.17, 15) is 4.79 Å². The summed E-state index contributed by atoms with van der Waals surface area (Å²) in [5.41, 5.74) is 1.75. The fourth-order valence-electron chi connectivity index (χ4n) is 1.63. The SMILES string of the molecule is COCc1cccc(C(=O)NCC2CC2)c1. The lowest BCUT2D eigenvalue weighted by molar-refractivity contribution is 0.0951. The minimum Gasteiger partial charge on any atom is -0.380 e. The van der Waals surface area contributed by atoms with Gasteiger partial charge in [-0.2, -0.15) is 0 Å². The van der Waals surface area contributed by atoms with Crippen molar-refractivity contribution in [2.75, 3.05) is 13.7 Å². The normalized spacial score (nSPS) is 14.8. The molecule has 1 aliphatic carbocycles. The Morgan fingerprint density at radius 1 is 1.50 bits per heavy atom. The Morgan fingerprint density at radius 3 is 3.00 bits per heavy atom. The number of methoxy groups -OCH3 is 1. The maximum absolute atomic E-state index is 11.8. The highest BCUT2D eigenvalue weighted by Crippen LogP contribution is 2.27. The Bertz CT molecular complexity index is 372. The summed E-state index contributed by atoms with van der Waals surface area (Å²) < 4.78 is 5.04. The molecule has 1 fully saturated rings. The molecule has 86 valence electrons. The summed E-state index contributed by atoms with van der Waals surface area (Å²) in [5.74, 6) is 0.732. The number of nitrogens with one attached hydrogen (secondary N) is 1. The van der Waals surface area contributed by atoms with Gasteiger partial charge in [0, 0.05) is 19.2 Å². The van der Waals surface area contributed by atoms with E-state index < -0.39 is 0 Å². The maximum Gasteiger partial charge on any atom is 0.251 e. The van der Waals surface area contributed by atoms with Crippen LogP contribution in [-0.4, -0.2) is 19.6 Å². The van der Waals surface area contributed by atoms with Crippen LogP contribution >= 0.6 is 0 Å². The first kappa shape index (κ1) is 11.1. The molecular weight excluding hydrogens is 202 g/mol. The number of hydrogen-bond acceptors (Lipinski definition) is 2. The Morgan fingerprint density at radius 2 is 2.31 bits per heavy atom. The Labute approximate surface area is 95.8 Å². The van der Waals surface area contributed by atoms with Crippen LogP contribution < -0.4 is 5.32 Å². The fraction of sp³-hybridized carbons (Fsp3) is 0.462. The van der Waals surface area contributed by atoms with E-state index in [1.807, 2.05) is 24.3 Å². The molecule has 3 nitrogen and oxygen atoms in total. The smallest absolute Gasteiger partial charge is 0.251 e. The number of ether oxygens (including phenoxy) is 1. The number of carbonyl (C=O) groups is 1. The number of benzene rings is 1. The van der Waals surface area contributed by atoms with Gasteiger partial charge < -0.3 is 10.1 Å². The second kappa shape index (κ2) is 5.12. The molecule has 1 amide bonds. The molecule has 16 heavy (non-hydrogen) atoms. The minimum absolute atomic E-state index is 0.0184. The molecule has 0 unspecified atom stereocenters. The second-order valence-electron chi connectivity index (χ2n) is 4.29. The molecule has 0 radical (unpaired) electrons. The van der Waals surface area contributed by atoms with Crippen molar-refractivity contribution in [3.63, 3.8) is 0 Å². The third-order valence-corrected chi connectivity index (χ3v) is 2.75. The summed E-state index contributed by atoms with van der Waals surface area (Å²) in [4.78, 5) is 11.8. The van der Waals surface area contributed by atoms with Crippen LogP contribution in [0.1, 0.15) is 28.8 Å². The molecule has 1 saturated carbocycles. The predicted molar refractivity (Wildman–Crippen MR) is 62.2 cm³/mol. The molecule has 1 aromatic carbocycles. The second-order valence-corrected chi connectivity index (χ2v) is 4.29. The van der Waals surface area contributed by atoms with Crippen LogP contribution in [0.15, 0.2) is 24.3 Å². The molecule has 0 spiro atoms. The predicted octanol–water partition coefficient (Wildman–Crippen LogP) is 1.97. The zero-order valence-electron chi connectivity index (χ0n) is 9.53. The van der Waals surface area contributed by atoms with Crippen molar-refractivity contribution >= 4 is 5.91 Å². The Kier molecular flexibility index (Phi) is 3.57. The monoisotopic (exact) mass is 219 g/mol. The highest BCUT2D eigenvalue weighted by molar-refractivity contribution is 5.94. The highest BCUT2D eigenvalue weighted by atomic mass is 16.5. The van der Waals surface area contributed by atoms with Gasteiger partial charge >= 0.3 is 0 Å². The van der Waals surface area contributed by atoms with Crippen LogP contribution in [0.3, 0.4) is 0 Å². The highest BCUT2D eigenvalue weighted by Gasteiger charge is 2.21. The van der Waals surface area contributed by atoms with Gasteiger partial charge in [0.1, 0.15) is 0 Å². The van der Waals surface area contributed by atoms with E-state index in [0.717, 1.165) is 17.7 Å². The molecule has 1 aromatic rings. The van der Waals surface area contributed by atoms with Crippen molar-refractivity contribution in [3.8, 4) is 0 Å². The first-order chi connectivity index (χ1) is 7.79. The Balaban J connectivity index is 1.94. The summed E-state index contributed by atoms with van der Waals surface area (Å²) in [5, 5.41) is 2.95. The molecule has 0 aliphatic heterocycles. The van der Waals surface area contributed by atoms with E-state index >= 15 is 0 Å². The van der Waals surface area contributed by atoms with Gasteiger partial charge in [-0.05, 0) is 36.5 Å². The molecule has 1 N–H and O–H groups in total. The van der Waals surface area contributed by atoms with Crippen LogP contribution in [0, 0.1) is 5.92 Å². The molecule has 3 heteroatoms. The van der Waals surface area contributed by atoms with Gasteiger partial charge in [0.25, 0.3) is 5.91 Å². The van der Waals surface area contributed by atoms with Crippen LogP contribution in [0.2, 0.25) is 0 Å². The lowest BCUT2D eigenvalue weighted by Crippen LogP contribution is -2.25. The van der Waals surface area contributed by atoms with Crippen LogP contribution in [0.5, 0.6) is 0 Å². The molecule has 2 rings (SSSR count). The molecule has 0 heterocycles. The number of amides is 1. The van der Waals surface area contributed by atoms with Gasteiger partial charge in [-0.15, -0.1) is 0 Å². The summed E-state index contributed by atoms with van der Waals surface area (Å²) in [6.07, 6.45) is 2.51. The molecule has 0 atom stereocenters. The van der Waals surface area contributed by atoms with Gasteiger partial charge in [-0.3, -0.25) is 4.79 Å². The molecule has 0 bridgehead atoms. The van der Waals surface area contributed by atoms with Crippen LogP contribution in [0.4, 0.5) is 0 Å². The van der Waals surface area contributed by atoms with E-state index in [-0.39, 0.29) is 5.91 Å². The van der Waals surface area contributed by atoms with Crippen molar-refractivity contribution in [2.24, 2.45) is 5.92 Å². The van der Waals surface area contributed by atoms with Crippen LogP contribution in [-0.2, 0) is 11.3 Å². The van der Waals surface area contributed by atoms with Crippen LogP contribution in [0.25, 0.3) is 0 Å². The lowest BCUT2D eigenvalue weighted by atomic mass is 10.1. The van der Waals surface area contributed by atoms with Gasteiger partial charge in [0.2, 0.25) is 0 Å². The van der Waals surface area contributed by atoms with Gasteiger partial charge in [0.15, 0.2) is 0 Å². The largest absolute Gasteiger partial charge is 0.380 e. The van der Waals surface area contributed by atoms with Gasteiger partial charge in [0.05, 0.1) is 6.61 Å². The molecule has 1 aliphatic rings. The summed E-state index contributed by atoms with van der Waals surface area (Å²) in [7, 11) is 1.65. The van der Waals surface area contributed by atoms with Crippen molar-refractivity contribution < 1.29 is 9.53 Å². The number of carbonyl (C=O) groups excluding carboxylic acids is 1. The molecular formula is C13H17NO2. The van der Waals surface area contributed by atoms with E-state index in [1.54, 1.807) is 7.11 Å². The zero-order valence-corrected chi connectivity index (χ0v) is 9.53. The Hall–Kier alpha value is -1.35. The summed E-state index contributed by atoms with van der Waals surface area (Å²) in [6.45, 7) is 1.36. The van der Waals surface area contributed by atoms with Crippen molar-refractivity contribution in [1.82, 2.24) is 5.32 Å². The lowest BCUT2D eigenvalue weighted by Gasteiger charge is -2.05. The molecule has 0 aromatic heterocycles. The average molecular weight is 219 g/mol. The maximum atomic E-state index is 11.8. The van der Waals surface area contributed by atoms with E-state index in [2.05, 4.69) is 5.32 Å². The average Bonchev–Trinajstić information content (AvgIpc) is 3.10. The summed E-state index contributed by atoms with van der Waals surface area (Å²) >= 11 is 0. The standard InChI is InChI=1S/C13H17NO2/c1-16-9-11-3-2-4-12(7-11)13(15)14-8-10-5-6-10/h2-4,7,10H,5-6,8-9H2,1H3,(H,14,15). The topological polar surface area (TPSA) is 38.3 Å². The van der Waals surface area contributed by atoms with E-state index in [1.165, 1.54) is 12.8 Å². The third-order valence-electron chi connectivity index (χ3n) is 2.75. The fourth-order valence-corrected chi connectivity index (χ4v) is 1.63. The first-order valence-electron chi connectivity index (χ1n) is 5.65. The first-order valence-corrected chi connectivity index (χ1v) is 5.65. The third kappa shape index (κ3) is 3.07. The van der Waals surface area contributed by atoms with E-state index in [4.69, 9.17) is 4.74 Å². The van der Waals surface area contributed by atoms with Crippen molar-refractivity contribution in [3.05, 3.63) is 35.4 Å².